The van der Waals surface area contributed by atoms with Crippen molar-refractivity contribution in [2.75, 3.05) is 6.54 Å². The third-order valence-corrected chi connectivity index (χ3v) is 2.93. The highest BCUT2D eigenvalue weighted by Gasteiger charge is 2.13. The van der Waals surface area contributed by atoms with E-state index in [1.807, 2.05) is 0 Å². The Morgan fingerprint density at radius 3 is 2.79 bits per heavy atom. The van der Waals surface area contributed by atoms with Crippen LogP contribution in [0.25, 0.3) is 0 Å². The maximum Gasteiger partial charge on any atom is 0.244 e. The van der Waals surface area contributed by atoms with Crippen molar-refractivity contribution in [1.82, 2.24) is 15.1 Å². The van der Waals surface area contributed by atoms with E-state index in [1.54, 1.807) is 42.2 Å². The Labute approximate surface area is 111 Å². The zero-order chi connectivity index (χ0) is 13.7. The molecule has 0 spiro atoms. The molecule has 1 amide bonds. The molecule has 0 radical (unpaired) electrons. The van der Waals surface area contributed by atoms with Gasteiger partial charge >= 0.3 is 0 Å². The maximum atomic E-state index is 12.7. The standard InChI is InChI=1S/C14H16FN3O/c1-11(18-10-2-8-17-18)14(19)16-9-7-12-3-5-13(15)6-4-12/h2-6,8,10-11H,7,9H2,1H3,(H,16,19). The molecule has 1 aromatic carbocycles. The minimum absolute atomic E-state index is 0.0780. The summed E-state index contributed by atoms with van der Waals surface area (Å²) in [6, 6.07) is 7.73. The first kappa shape index (κ1) is 13.3. The Morgan fingerprint density at radius 1 is 1.42 bits per heavy atom. The van der Waals surface area contributed by atoms with Gasteiger partial charge in [0.15, 0.2) is 0 Å². The zero-order valence-corrected chi connectivity index (χ0v) is 10.7. The summed E-state index contributed by atoms with van der Waals surface area (Å²) in [6.45, 7) is 2.32. The summed E-state index contributed by atoms with van der Waals surface area (Å²) in [5.41, 5.74) is 0.994. The average Bonchev–Trinajstić information content (AvgIpc) is 2.94. The molecule has 5 heteroatoms. The highest BCUT2D eigenvalue weighted by Crippen LogP contribution is 2.05. The number of carbonyl (C=O) groups is 1. The van der Waals surface area contributed by atoms with Gasteiger partial charge in [0.2, 0.25) is 5.91 Å². The van der Waals surface area contributed by atoms with Gasteiger partial charge < -0.3 is 5.32 Å². The molecule has 1 unspecified atom stereocenters. The highest BCUT2D eigenvalue weighted by molar-refractivity contribution is 5.79. The van der Waals surface area contributed by atoms with Crippen LogP contribution in [0, 0.1) is 5.82 Å². The molecule has 0 saturated carbocycles. The summed E-state index contributed by atoms with van der Waals surface area (Å²) in [5.74, 6) is -0.328. The third-order valence-electron chi connectivity index (χ3n) is 2.93. The fraction of sp³-hybridized carbons (Fsp3) is 0.286. The molecule has 0 aliphatic rings. The minimum atomic E-state index is -0.330. The number of aromatic nitrogens is 2. The molecule has 4 nitrogen and oxygen atoms in total. The van der Waals surface area contributed by atoms with Crippen molar-refractivity contribution in [3.8, 4) is 0 Å². The van der Waals surface area contributed by atoms with Gasteiger partial charge in [-0.05, 0) is 37.1 Å². The lowest BCUT2D eigenvalue weighted by Crippen LogP contribution is -2.32. The van der Waals surface area contributed by atoms with Crippen molar-refractivity contribution in [1.29, 1.82) is 0 Å². The number of hydrogen-bond donors (Lipinski definition) is 1. The smallest absolute Gasteiger partial charge is 0.244 e. The Balaban J connectivity index is 1.79. The Kier molecular flexibility index (Phi) is 4.28. The van der Waals surface area contributed by atoms with E-state index in [-0.39, 0.29) is 17.8 Å². The van der Waals surface area contributed by atoms with Crippen LogP contribution in [-0.2, 0) is 11.2 Å². The molecule has 1 aromatic heterocycles. The SMILES string of the molecule is CC(C(=O)NCCc1ccc(F)cc1)n1cccn1. The number of carbonyl (C=O) groups excluding carboxylic acids is 1. The molecule has 0 aliphatic carbocycles. The van der Waals surface area contributed by atoms with E-state index in [2.05, 4.69) is 10.4 Å². The summed E-state index contributed by atoms with van der Waals surface area (Å²) in [7, 11) is 0. The molecular formula is C14H16FN3O. The van der Waals surface area contributed by atoms with Crippen LogP contribution in [0.15, 0.2) is 42.7 Å². The number of benzene rings is 1. The second-order valence-corrected chi connectivity index (χ2v) is 4.33. The van der Waals surface area contributed by atoms with E-state index in [9.17, 15) is 9.18 Å². The van der Waals surface area contributed by atoms with Gasteiger partial charge in [-0.1, -0.05) is 12.1 Å². The van der Waals surface area contributed by atoms with Gasteiger partial charge in [0.05, 0.1) is 0 Å². The lowest BCUT2D eigenvalue weighted by molar-refractivity contribution is -0.124. The molecule has 100 valence electrons. The molecule has 1 atom stereocenters. The van der Waals surface area contributed by atoms with Crippen LogP contribution < -0.4 is 5.32 Å². The number of hydrogen-bond acceptors (Lipinski definition) is 2. The van der Waals surface area contributed by atoms with Crippen LogP contribution in [-0.4, -0.2) is 22.2 Å². The highest BCUT2D eigenvalue weighted by atomic mass is 19.1. The number of rotatable bonds is 5. The van der Waals surface area contributed by atoms with Crippen molar-refractivity contribution in [2.24, 2.45) is 0 Å². The second kappa shape index (κ2) is 6.13. The fourth-order valence-corrected chi connectivity index (χ4v) is 1.76. The van der Waals surface area contributed by atoms with Gasteiger partial charge in [-0.25, -0.2) is 4.39 Å². The van der Waals surface area contributed by atoms with Gasteiger partial charge in [0.1, 0.15) is 11.9 Å². The van der Waals surface area contributed by atoms with Gasteiger partial charge in [-0.3, -0.25) is 9.48 Å². The van der Waals surface area contributed by atoms with Crippen LogP contribution in [0.5, 0.6) is 0 Å². The molecule has 0 aliphatic heterocycles. The molecule has 0 saturated heterocycles. The van der Waals surface area contributed by atoms with E-state index in [4.69, 9.17) is 0 Å². The molecule has 1 heterocycles. The predicted molar refractivity (Wildman–Crippen MR) is 70.1 cm³/mol. The first-order chi connectivity index (χ1) is 9.16. The molecule has 2 aromatic rings. The first-order valence-corrected chi connectivity index (χ1v) is 6.18. The van der Waals surface area contributed by atoms with Gasteiger partial charge in [0.25, 0.3) is 0 Å². The van der Waals surface area contributed by atoms with Crippen molar-refractivity contribution in [3.63, 3.8) is 0 Å². The van der Waals surface area contributed by atoms with Crippen molar-refractivity contribution in [3.05, 3.63) is 54.1 Å². The average molecular weight is 261 g/mol. The lowest BCUT2D eigenvalue weighted by Gasteiger charge is -2.12. The van der Waals surface area contributed by atoms with E-state index in [1.165, 1.54) is 12.1 Å². The molecule has 0 fully saturated rings. The quantitative estimate of drug-likeness (QED) is 0.894. The Morgan fingerprint density at radius 2 is 2.16 bits per heavy atom. The number of nitrogens with zero attached hydrogens (tertiary/aromatic N) is 2. The maximum absolute atomic E-state index is 12.7. The number of nitrogens with one attached hydrogen (secondary N) is 1. The molecular weight excluding hydrogens is 245 g/mol. The van der Waals surface area contributed by atoms with E-state index in [0.29, 0.717) is 13.0 Å². The monoisotopic (exact) mass is 261 g/mol. The summed E-state index contributed by atoms with van der Waals surface area (Å²) in [4.78, 5) is 11.9. The number of halogens is 1. The molecule has 0 bridgehead atoms. The number of amides is 1. The Hall–Kier alpha value is -2.17. The topological polar surface area (TPSA) is 46.9 Å². The minimum Gasteiger partial charge on any atom is -0.354 e. The van der Waals surface area contributed by atoms with Crippen LogP contribution >= 0.6 is 0 Å². The van der Waals surface area contributed by atoms with Crippen LogP contribution in [0.4, 0.5) is 4.39 Å². The first-order valence-electron chi connectivity index (χ1n) is 6.18. The van der Waals surface area contributed by atoms with Crippen molar-refractivity contribution >= 4 is 5.91 Å². The predicted octanol–water partition coefficient (Wildman–Crippen LogP) is 1.94. The third kappa shape index (κ3) is 3.64. The van der Waals surface area contributed by atoms with Gasteiger partial charge in [-0.2, -0.15) is 5.10 Å². The summed E-state index contributed by atoms with van der Waals surface area (Å²) < 4.78 is 14.3. The summed E-state index contributed by atoms with van der Waals surface area (Å²) in [5, 5.41) is 6.87. The van der Waals surface area contributed by atoms with E-state index >= 15 is 0 Å². The second-order valence-electron chi connectivity index (χ2n) is 4.33. The Bertz CT molecular complexity index is 522. The van der Waals surface area contributed by atoms with Gasteiger partial charge in [0, 0.05) is 18.9 Å². The van der Waals surface area contributed by atoms with Crippen LogP contribution in [0.3, 0.4) is 0 Å². The van der Waals surface area contributed by atoms with Crippen molar-refractivity contribution < 1.29 is 9.18 Å². The van der Waals surface area contributed by atoms with Crippen molar-refractivity contribution in [2.45, 2.75) is 19.4 Å². The lowest BCUT2D eigenvalue weighted by atomic mass is 10.1. The van der Waals surface area contributed by atoms with Gasteiger partial charge in [-0.15, -0.1) is 0 Å². The molecule has 2 rings (SSSR count). The normalized spacial score (nSPS) is 12.1. The van der Waals surface area contributed by atoms with Crippen LogP contribution in [0.1, 0.15) is 18.5 Å². The zero-order valence-electron chi connectivity index (χ0n) is 10.7. The van der Waals surface area contributed by atoms with E-state index in [0.717, 1.165) is 5.56 Å². The largest absolute Gasteiger partial charge is 0.354 e. The molecule has 19 heavy (non-hydrogen) atoms. The molecule has 1 N–H and O–H groups in total. The summed E-state index contributed by atoms with van der Waals surface area (Å²) in [6.07, 6.45) is 4.07. The fourth-order valence-electron chi connectivity index (χ4n) is 1.76. The van der Waals surface area contributed by atoms with E-state index < -0.39 is 0 Å². The summed E-state index contributed by atoms with van der Waals surface area (Å²) >= 11 is 0. The van der Waals surface area contributed by atoms with Crippen LogP contribution in [0.2, 0.25) is 0 Å².